The van der Waals surface area contributed by atoms with E-state index in [1.807, 2.05) is 0 Å². The highest BCUT2D eigenvalue weighted by atomic mass is 35.5. The molecule has 0 unspecified atom stereocenters. The van der Waals surface area contributed by atoms with E-state index < -0.39 is 26.0 Å². The van der Waals surface area contributed by atoms with E-state index >= 15 is 0 Å². The molecule has 0 aromatic carbocycles. The average molecular weight is 386 g/mol. The largest absolute Gasteiger partial charge is 0.341 e. The van der Waals surface area contributed by atoms with Crippen LogP contribution in [0.3, 0.4) is 0 Å². The van der Waals surface area contributed by atoms with Gasteiger partial charge >= 0.3 is 5.76 Å². The SMILES string of the molecule is Cl.NC1(c2noc(-c3sccc3S(=O)(=O)C(F)F)n2)CCCC1. The summed E-state index contributed by atoms with van der Waals surface area (Å²) in [5.74, 6) is -3.31. The lowest BCUT2D eigenvalue weighted by Gasteiger charge is -2.17. The smallest absolute Gasteiger partial charge is 0.333 e. The third kappa shape index (κ3) is 3.12. The topological polar surface area (TPSA) is 99.1 Å². The summed E-state index contributed by atoms with van der Waals surface area (Å²) in [4.78, 5) is 3.65. The second-order valence-corrected chi connectivity index (χ2v) is 8.01. The van der Waals surface area contributed by atoms with Gasteiger partial charge in [-0.15, -0.1) is 23.7 Å². The summed E-state index contributed by atoms with van der Waals surface area (Å²) in [6, 6.07) is 1.11. The lowest BCUT2D eigenvalue weighted by Crippen LogP contribution is -2.34. The van der Waals surface area contributed by atoms with Crippen molar-refractivity contribution in [1.29, 1.82) is 0 Å². The van der Waals surface area contributed by atoms with Crippen LogP contribution in [0.4, 0.5) is 8.78 Å². The molecule has 1 aliphatic carbocycles. The molecule has 0 atom stereocenters. The van der Waals surface area contributed by atoms with Gasteiger partial charge in [-0.05, 0) is 24.3 Å². The van der Waals surface area contributed by atoms with Crippen molar-refractivity contribution in [1.82, 2.24) is 10.1 Å². The first-order valence-electron chi connectivity index (χ1n) is 6.57. The molecule has 11 heteroatoms. The van der Waals surface area contributed by atoms with Crippen molar-refractivity contribution >= 4 is 33.6 Å². The van der Waals surface area contributed by atoms with E-state index in [4.69, 9.17) is 10.3 Å². The Kier molecular flexibility index (Phi) is 5.09. The minimum Gasteiger partial charge on any atom is -0.333 e. The maximum atomic E-state index is 12.7. The number of rotatable bonds is 4. The summed E-state index contributed by atoms with van der Waals surface area (Å²) >= 11 is 0.952. The van der Waals surface area contributed by atoms with E-state index in [-0.39, 0.29) is 29.0 Å². The highest BCUT2D eigenvalue weighted by Gasteiger charge is 2.37. The Bertz CT molecular complexity index is 785. The minimum absolute atomic E-state index is 0. The maximum absolute atomic E-state index is 12.7. The van der Waals surface area contributed by atoms with Gasteiger partial charge in [-0.3, -0.25) is 0 Å². The molecule has 6 nitrogen and oxygen atoms in total. The number of halogens is 3. The second-order valence-electron chi connectivity index (χ2n) is 5.21. The Morgan fingerprint density at radius 1 is 1.35 bits per heavy atom. The first-order valence-corrected chi connectivity index (χ1v) is 9.00. The molecule has 0 spiro atoms. The third-order valence-electron chi connectivity index (χ3n) is 3.73. The van der Waals surface area contributed by atoms with E-state index in [0.29, 0.717) is 12.8 Å². The van der Waals surface area contributed by atoms with Crippen molar-refractivity contribution in [2.75, 3.05) is 0 Å². The number of nitrogens with zero attached hydrogens (tertiary/aromatic N) is 2. The van der Waals surface area contributed by atoms with Gasteiger partial charge in [0.25, 0.3) is 5.89 Å². The van der Waals surface area contributed by atoms with Gasteiger partial charge in [0, 0.05) is 0 Å². The van der Waals surface area contributed by atoms with Gasteiger partial charge in [0.2, 0.25) is 9.84 Å². The predicted octanol–water partition coefficient (Wildman–Crippen LogP) is 2.94. The molecule has 1 saturated carbocycles. The molecule has 1 aliphatic rings. The fourth-order valence-corrected chi connectivity index (χ4v) is 4.60. The summed E-state index contributed by atoms with van der Waals surface area (Å²) in [7, 11) is -4.72. The Balaban J connectivity index is 0.00000192. The third-order valence-corrected chi connectivity index (χ3v) is 6.19. The van der Waals surface area contributed by atoms with Gasteiger partial charge in [0.15, 0.2) is 5.82 Å². The molecule has 2 aromatic heterocycles. The minimum atomic E-state index is -4.72. The lowest BCUT2D eigenvalue weighted by atomic mass is 9.99. The Morgan fingerprint density at radius 3 is 2.61 bits per heavy atom. The van der Waals surface area contributed by atoms with Crippen LogP contribution in [0.2, 0.25) is 0 Å². The highest BCUT2D eigenvalue weighted by molar-refractivity contribution is 7.92. The van der Waals surface area contributed by atoms with Crippen molar-refractivity contribution in [3.05, 3.63) is 17.3 Å². The first-order chi connectivity index (χ1) is 10.3. The van der Waals surface area contributed by atoms with Crippen LogP contribution in [0.1, 0.15) is 31.5 Å². The van der Waals surface area contributed by atoms with Gasteiger partial charge in [0.1, 0.15) is 4.88 Å². The van der Waals surface area contributed by atoms with Gasteiger partial charge in [-0.25, -0.2) is 8.42 Å². The molecule has 3 rings (SSSR count). The number of alkyl halides is 2. The Morgan fingerprint density at radius 2 is 2.00 bits per heavy atom. The van der Waals surface area contributed by atoms with Crippen molar-refractivity contribution in [2.24, 2.45) is 5.73 Å². The monoisotopic (exact) mass is 385 g/mol. The van der Waals surface area contributed by atoms with Crippen LogP contribution in [-0.2, 0) is 15.4 Å². The van der Waals surface area contributed by atoms with Crippen LogP contribution < -0.4 is 5.73 Å². The summed E-state index contributed by atoms with van der Waals surface area (Å²) in [6.45, 7) is 0. The van der Waals surface area contributed by atoms with Gasteiger partial charge in [-0.2, -0.15) is 13.8 Å². The lowest BCUT2D eigenvalue weighted by molar-refractivity contribution is 0.235. The number of aromatic nitrogens is 2. The van der Waals surface area contributed by atoms with E-state index in [9.17, 15) is 17.2 Å². The molecule has 0 aliphatic heterocycles. The van der Waals surface area contributed by atoms with Crippen LogP contribution in [0.25, 0.3) is 10.8 Å². The number of thiophene rings is 1. The quantitative estimate of drug-likeness (QED) is 0.868. The molecule has 0 bridgehead atoms. The van der Waals surface area contributed by atoms with Crippen LogP contribution in [0, 0.1) is 0 Å². The standard InChI is InChI=1S/C12H13F2N3O3S2.ClH/c13-11(14)22(18,19)7-3-6-21-8(7)9-16-10(17-20-9)12(15)4-1-2-5-12;/h3,6,11H,1-2,4-5,15H2;1H. The predicted molar refractivity (Wildman–Crippen MR) is 82.4 cm³/mol. The molecular formula is C12H14ClF2N3O3S2. The molecule has 2 heterocycles. The highest BCUT2D eigenvalue weighted by Crippen LogP contribution is 2.38. The van der Waals surface area contributed by atoms with Gasteiger partial charge in [0.05, 0.1) is 10.4 Å². The molecule has 1 fully saturated rings. The molecule has 2 N–H and O–H groups in total. The summed E-state index contributed by atoms with van der Waals surface area (Å²) in [5, 5.41) is 5.20. The normalized spacial score (nSPS) is 17.4. The van der Waals surface area contributed by atoms with Crippen LogP contribution in [-0.4, -0.2) is 24.3 Å². The van der Waals surface area contributed by atoms with E-state index in [2.05, 4.69) is 10.1 Å². The molecule has 0 saturated heterocycles. The number of nitrogens with two attached hydrogens (primary N) is 1. The van der Waals surface area contributed by atoms with Gasteiger partial charge < -0.3 is 10.3 Å². The van der Waals surface area contributed by atoms with Crippen LogP contribution in [0.5, 0.6) is 0 Å². The van der Waals surface area contributed by atoms with Crippen molar-refractivity contribution in [2.45, 2.75) is 41.9 Å². The van der Waals surface area contributed by atoms with Crippen molar-refractivity contribution < 1.29 is 21.7 Å². The maximum Gasteiger partial charge on any atom is 0.341 e. The van der Waals surface area contributed by atoms with Crippen molar-refractivity contribution in [3.8, 4) is 10.8 Å². The summed E-state index contributed by atoms with van der Waals surface area (Å²) in [6.07, 6.45) is 3.31. The van der Waals surface area contributed by atoms with E-state index in [1.54, 1.807) is 0 Å². The van der Waals surface area contributed by atoms with Crippen LogP contribution >= 0.6 is 23.7 Å². The molecule has 23 heavy (non-hydrogen) atoms. The Labute approximate surface area is 141 Å². The molecular weight excluding hydrogens is 372 g/mol. The number of hydrogen-bond acceptors (Lipinski definition) is 7. The Hall–Kier alpha value is -1.10. The van der Waals surface area contributed by atoms with Crippen LogP contribution in [0.15, 0.2) is 20.9 Å². The fraction of sp³-hybridized carbons (Fsp3) is 0.500. The van der Waals surface area contributed by atoms with E-state index in [0.717, 1.165) is 30.2 Å². The number of sulfone groups is 1. The zero-order valence-corrected chi connectivity index (χ0v) is 14.2. The number of hydrogen-bond donors (Lipinski definition) is 1. The molecule has 2 aromatic rings. The molecule has 0 radical (unpaired) electrons. The zero-order chi connectivity index (χ0) is 16.0. The van der Waals surface area contributed by atoms with E-state index in [1.165, 1.54) is 5.38 Å². The van der Waals surface area contributed by atoms with Crippen molar-refractivity contribution in [3.63, 3.8) is 0 Å². The second kappa shape index (κ2) is 6.42. The first kappa shape index (κ1) is 18.2. The van der Waals surface area contributed by atoms with Gasteiger partial charge in [-0.1, -0.05) is 18.0 Å². The summed E-state index contributed by atoms with van der Waals surface area (Å²) < 4.78 is 53.8. The molecule has 0 amide bonds. The summed E-state index contributed by atoms with van der Waals surface area (Å²) in [5.41, 5.74) is 5.51. The average Bonchev–Trinajstić information content (AvgIpc) is 3.18. The zero-order valence-electron chi connectivity index (χ0n) is 11.7. The fourth-order valence-electron chi connectivity index (χ4n) is 2.52. The molecule has 128 valence electrons.